The van der Waals surface area contributed by atoms with Crippen LogP contribution in [0.3, 0.4) is 0 Å². The van der Waals surface area contributed by atoms with Crippen molar-refractivity contribution >= 4 is 73.4 Å². The molecule has 0 fully saturated rings. The first-order valence-electron chi connectivity index (χ1n) is 16.1. The molecule has 0 unspecified atom stereocenters. The van der Waals surface area contributed by atoms with Gasteiger partial charge in [0.1, 0.15) is 11.3 Å². The van der Waals surface area contributed by atoms with Crippen LogP contribution in [0.2, 0.25) is 0 Å². The molecular weight excluding hydrogens is 589 g/mol. The zero-order chi connectivity index (χ0) is 31.3. The van der Waals surface area contributed by atoms with Crippen molar-refractivity contribution in [2.24, 2.45) is 0 Å². The minimum Gasteiger partial charge on any atom is -0.296 e. The van der Waals surface area contributed by atoms with Gasteiger partial charge in [0.25, 0.3) is 6.71 Å². The van der Waals surface area contributed by atoms with Gasteiger partial charge in [-0.2, -0.15) is 0 Å². The van der Waals surface area contributed by atoms with E-state index in [-0.39, 0.29) is 6.71 Å². The number of pyridine rings is 2. The summed E-state index contributed by atoms with van der Waals surface area (Å²) in [7, 11) is 0. The summed E-state index contributed by atoms with van der Waals surface area (Å²) in [5.41, 5.74) is 12.8. The highest BCUT2D eigenvalue weighted by Gasteiger charge is 2.44. The third-order valence-corrected chi connectivity index (χ3v) is 9.87. The van der Waals surface area contributed by atoms with Gasteiger partial charge in [-0.3, -0.25) is 24.0 Å². The highest BCUT2D eigenvalue weighted by Crippen LogP contribution is 2.44. The number of nitrogens with zero attached hydrogens (tertiary/aromatic N) is 7. The lowest BCUT2D eigenvalue weighted by Crippen LogP contribution is -2.61. The number of aromatic nitrogens is 6. The maximum absolute atomic E-state index is 5.08. The highest BCUT2D eigenvalue weighted by molar-refractivity contribution is 6.99. The quantitative estimate of drug-likeness (QED) is 0.211. The molecule has 0 saturated carbocycles. The number of fused-ring (bicyclic) bond motifs is 9. The van der Waals surface area contributed by atoms with E-state index < -0.39 is 0 Å². The van der Waals surface area contributed by atoms with Gasteiger partial charge in [-0.05, 0) is 71.6 Å². The largest absolute Gasteiger partial charge is 0.296 e. The van der Waals surface area contributed by atoms with Crippen LogP contribution in [-0.4, -0.2) is 35.8 Å². The lowest BCUT2D eigenvalue weighted by molar-refractivity contribution is 1.05. The first-order chi connectivity index (χ1) is 23.9. The topological polar surface area (TPSA) is 64.7 Å². The van der Waals surface area contributed by atoms with E-state index in [9.17, 15) is 0 Å². The predicted octanol–water partition coefficient (Wildman–Crippen LogP) is 6.59. The molecule has 4 aromatic carbocycles. The number of anilines is 3. The van der Waals surface area contributed by atoms with E-state index >= 15 is 0 Å². The first-order valence-corrected chi connectivity index (χ1v) is 16.1. The zero-order valence-electron chi connectivity index (χ0n) is 25.6. The van der Waals surface area contributed by atoms with Gasteiger partial charge in [0, 0.05) is 69.3 Å². The molecule has 0 spiro atoms. The van der Waals surface area contributed by atoms with Crippen molar-refractivity contribution in [2.75, 3.05) is 4.90 Å². The van der Waals surface area contributed by atoms with Crippen LogP contribution in [-0.2, 0) is 0 Å². The van der Waals surface area contributed by atoms with Gasteiger partial charge >= 0.3 is 0 Å². The van der Waals surface area contributed by atoms with E-state index in [1.165, 1.54) is 27.2 Å². The lowest BCUT2D eigenvalue weighted by atomic mass is 9.35. The smallest absolute Gasteiger partial charge is 0.277 e. The van der Waals surface area contributed by atoms with Crippen molar-refractivity contribution in [3.8, 4) is 22.6 Å². The summed E-state index contributed by atoms with van der Waals surface area (Å²) in [6, 6.07) is 42.7. The Morgan fingerprint density at radius 2 is 1.29 bits per heavy atom. The van der Waals surface area contributed by atoms with Crippen LogP contribution >= 0.6 is 0 Å². The molecule has 7 nitrogen and oxygen atoms in total. The second kappa shape index (κ2) is 9.50. The Balaban J connectivity index is 1.38. The Labute approximate surface area is 275 Å². The Morgan fingerprint density at radius 3 is 2.12 bits per heavy atom. The number of benzene rings is 4. The Kier molecular flexibility index (Phi) is 5.07. The summed E-state index contributed by atoms with van der Waals surface area (Å²) in [4.78, 5) is 22.1. The molecule has 11 rings (SSSR count). The van der Waals surface area contributed by atoms with E-state index in [1.807, 2.05) is 42.9 Å². The van der Waals surface area contributed by atoms with E-state index in [1.54, 1.807) is 6.20 Å². The van der Waals surface area contributed by atoms with E-state index in [0.717, 1.165) is 62.1 Å². The molecule has 7 heterocycles. The van der Waals surface area contributed by atoms with Crippen molar-refractivity contribution < 1.29 is 0 Å². The van der Waals surface area contributed by atoms with Crippen molar-refractivity contribution in [1.29, 1.82) is 0 Å². The van der Waals surface area contributed by atoms with Crippen LogP contribution in [0.1, 0.15) is 0 Å². The molecule has 2 aliphatic heterocycles. The molecule has 0 amide bonds. The summed E-state index contributed by atoms with van der Waals surface area (Å²) >= 11 is 0. The zero-order valence-corrected chi connectivity index (χ0v) is 25.6. The normalized spacial score (nSPS) is 12.9. The number of para-hydroxylation sites is 3. The SMILES string of the molecule is c1ccc(N2c3cc(-c4ccccn4)cc4c3B(c3nccnc32)c2cccc3c5c6cccnc6n(-c6ccccc6)c5n-4c23)cc1. The number of hydrogen-bond acceptors (Lipinski definition) is 5. The van der Waals surface area contributed by atoms with Gasteiger partial charge in [0.2, 0.25) is 0 Å². The maximum atomic E-state index is 5.08. The molecule has 0 radical (unpaired) electrons. The minimum atomic E-state index is -0.110. The van der Waals surface area contributed by atoms with Gasteiger partial charge in [-0.25, -0.2) is 9.97 Å². The van der Waals surface area contributed by atoms with Crippen LogP contribution in [0, 0.1) is 0 Å². The van der Waals surface area contributed by atoms with Gasteiger partial charge in [-0.15, -0.1) is 0 Å². The maximum Gasteiger partial charge on any atom is 0.277 e. The summed E-state index contributed by atoms with van der Waals surface area (Å²) in [5, 5.41) is 3.51. The average molecular weight is 613 g/mol. The molecule has 0 saturated heterocycles. The van der Waals surface area contributed by atoms with Crippen LogP contribution in [0.4, 0.5) is 17.2 Å². The number of hydrogen-bond donors (Lipinski definition) is 0. The summed E-state index contributed by atoms with van der Waals surface area (Å²) in [6.45, 7) is -0.110. The van der Waals surface area contributed by atoms with Crippen molar-refractivity contribution in [3.63, 3.8) is 0 Å². The van der Waals surface area contributed by atoms with Crippen LogP contribution in [0.5, 0.6) is 0 Å². The molecule has 0 aliphatic carbocycles. The summed E-state index contributed by atoms with van der Waals surface area (Å²) in [6.07, 6.45) is 7.37. The third-order valence-electron chi connectivity index (χ3n) is 9.87. The second-order valence-electron chi connectivity index (χ2n) is 12.3. The first kappa shape index (κ1) is 25.6. The van der Waals surface area contributed by atoms with Gasteiger partial charge in [-0.1, -0.05) is 60.7 Å². The van der Waals surface area contributed by atoms with E-state index in [0.29, 0.717) is 0 Å². The van der Waals surface area contributed by atoms with E-state index in [4.69, 9.17) is 19.9 Å². The number of rotatable bonds is 3. The van der Waals surface area contributed by atoms with Crippen LogP contribution in [0.15, 0.2) is 146 Å². The van der Waals surface area contributed by atoms with Gasteiger partial charge in [0.15, 0.2) is 5.82 Å². The fraction of sp³-hybridized carbons (Fsp3) is 0. The third kappa shape index (κ3) is 3.28. The molecule has 0 bridgehead atoms. The molecule has 2 aliphatic rings. The molecule has 48 heavy (non-hydrogen) atoms. The molecule has 8 heteroatoms. The van der Waals surface area contributed by atoms with Crippen LogP contribution in [0.25, 0.3) is 55.6 Å². The fourth-order valence-electron chi connectivity index (χ4n) is 8.07. The monoisotopic (exact) mass is 613 g/mol. The Hall–Kier alpha value is -6.54. The van der Waals surface area contributed by atoms with Crippen molar-refractivity contribution in [3.05, 3.63) is 146 Å². The molecule has 222 valence electrons. The van der Waals surface area contributed by atoms with E-state index in [2.05, 4.69) is 111 Å². The summed E-state index contributed by atoms with van der Waals surface area (Å²) in [5.74, 6) is 0.843. The second-order valence-corrected chi connectivity index (χ2v) is 12.3. The molecule has 5 aromatic heterocycles. The average Bonchev–Trinajstić information content (AvgIpc) is 3.68. The van der Waals surface area contributed by atoms with Crippen molar-refractivity contribution in [2.45, 2.75) is 0 Å². The Morgan fingerprint density at radius 1 is 0.542 bits per heavy atom. The van der Waals surface area contributed by atoms with Crippen LogP contribution < -0.4 is 21.4 Å². The predicted molar refractivity (Wildman–Crippen MR) is 194 cm³/mol. The standard InChI is InChI=1S/C40H24BN7/c1-3-11-26(12-4-1)46-32-23-25(31-18-7-8-19-42-31)24-33-35(32)41(37-39(46)45-22-21-43-37)30-17-9-15-28-34-29-16-10-20-44-38(29)47(27-13-5-2-6-14-27)40(34)48(33)36(28)30/h1-24H. The Bertz CT molecular complexity index is 2740. The van der Waals surface area contributed by atoms with Gasteiger partial charge in [0.05, 0.1) is 16.8 Å². The molecule has 0 atom stereocenters. The lowest BCUT2D eigenvalue weighted by Gasteiger charge is -2.39. The minimum absolute atomic E-state index is 0.110. The molecule has 0 N–H and O–H groups in total. The molecular formula is C40H24BN7. The van der Waals surface area contributed by atoms with Crippen molar-refractivity contribution in [1.82, 2.24) is 29.1 Å². The molecule has 9 aromatic rings. The van der Waals surface area contributed by atoms with Gasteiger partial charge < -0.3 is 0 Å². The fourth-order valence-corrected chi connectivity index (χ4v) is 8.07. The summed E-state index contributed by atoms with van der Waals surface area (Å²) < 4.78 is 4.79. The highest BCUT2D eigenvalue weighted by atomic mass is 15.2.